The molecule has 1 aliphatic rings. The van der Waals surface area contributed by atoms with Crippen LogP contribution in [0.3, 0.4) is 0 Å². The van der Waals surface area contributed by atoms with Crippen LogP contribution < -0.4 is 0 Å². The van der Waals surface area contributed by atoms with Crippen LogP contribution in [0, 0.1) is 0 Å². The highest BCUT2D eigenvalue weighted by molar-refractivity contribution is 5.72. The Morgan fingerprint density at radius 2 is 2.09 bits per heavy atom. The highest BCUT2D eigenvalue weighted by Gasteiger charge is 2.34. The molecule has 1 rings (SSSR count). The lowest BCUT2D eigenvalue weighted by atomic mass is 10.7. The Balaban J connectivity index is 2.35. The lowest BCUT2D eigenvalue weighted by Gasteiger charge is -2.03. The molecule has 2 atom stereocenters. The van der Waals surface area contributed by atoms with Crippen LogP contribution in [0.2, 0.25) is 0 Å². The molecule has 0 saturated carbocycles. The minimum Gasteiger partial charge on any atom is -0.465 e. The molecule has 0 aromatic rings. The molecular weight excluding hydrogens is 156 g/mol. The van der Waals surface area contributed by atoms with Crippen LogP contribution in [-0.4, -0.2) is 33.0 Å². The van der Waals surface area contributed by atoms with E-state index in [1.807, 2.05) is 0 Å². The molecule has 6 nitrogen and oxygen atoms in total. The van der Waals surface area contributed by atoms with E-state index in [4.69, 9.17) is 4.74 Å². The number of methoxy groups -OCH3 is 2. The highest BCUT2D eigenvalue weighted by Crippen LogP contribution is 2.14. The summed E-state index contributed by atoms with van der Waals surface area (Å²) in [5, 5.41) is 0. The number of ether oxygens (including phenoxy) is 3. The van der Waals surface area contributed by atoms with Gasteiger partial charge in [0.2, 0.25) is 0 Å². The number of hydrogen-bond donors (Lipinski definition) is 0. The second kappa shape index (κ2) is 3.63. The van der Waals surface area contributed by atoms with Crippen LogP contribution in [0.15, 0.2) is 0 Å². The largest absolute Gasteiger partial charge is 0.465 e. The Bertz CT molecular complexity index is 146. The Morgan fingerprint density at radius 3 is 2.55 bits per heavy atom. The van der Waals surface area contributed by atoms with Gasteiger partial charge in [-0.1, -0.05) is 0 Å². The van der Waals surface area contributed by atoms with Crippen LogP contribution in [0.25, 0.3) is 0 Å². The fraction of sp³-hybridized carbons (Fsp3) is 0.800. The van der Waals surface area contributed by atoms with Crippen LogP contribution in [-0.2, 0) is 28.8 Å². The maximum Gasteiger partial charge on any atom is 0.366 e. The molecule has 0 aromatic heterocycles. The van der Waals surface area contributed by atoms with Gasteiger partial charge in [0.25, 0.3) is 6.29 Å². The van der Waals surface area contributed by atoms with Gasteiger partial charge in [0, 0.05) is 7.11 Å². The van der Waals surface area contributed by atoms with Crippen molar-refractivity contribution in [2.45, 2.75) is 12.8 Å². The molecule has 0 amide bonds. The zero-order valence-electron chi connectivity index (χ0n) is 6.10. The predicted octanol–water partition coefficient (Wildman–Crippen LogP) is -0.606. The minimum absolute atomic E-state index is 0.662. The first-order valence-corrected chi connectivity index (χ1v) is 2.86. The van der Waals surface area contributed by atoms with Crippen molar-refractivity contribution in [1.29, 1.82) is 0 Å². The molecule has 0 aliphatic carbocycles. The van der Waals surface area contributed by atoms with E-state index >= 15 is 0 Å². The van der Waals surface area contributed by atoms with Crippen LogP contribution in [0.4, 0.5) is 0 Å². The second-order valence-corrected chi connectivity index (χ2v) is 1.71. The number of hydrogen-bond acceptors (Lipinski definition) is 6. The van der Waals surface area contributed by atoms with E-state index in [0.717, 1.165) is 0 Å². The van der Waals surface area contributed by atoms with E-state index < -0.39 is 18.7 Å². The SMILES string of the molecule is COC(=O)[C@@H]1OO[C@@H](OC)O1. The maximum atomic E-state index is 10.7. The molecule has 0 spiro atoms. The van der Waals surface area contributed by atoms with Gasteiger partial charge >= 0.3 is 12.4 Å². The molecule has 1 saturated heterocycles. The van der Waals surface area contributed by atoms with Gasteiger partial charge in [-0.3, -0.25) is 4.74 Å². The molecule has 1 heterocycles. The minimum atomic E-state index is -1.15. The van der Waals surface area contributed by atoms with E-state index in [9.17, 15) is 4.79 Å². The normalized spacial score (nSPS) is 30.4. The third-order valence-electron chi connectivity index (χ3n) is 1.04. The Morgan fingerprint density at radius 1 is 1.36 bits per heavy atom. The maximum absolute atomic E-state index is 10.7. The van der Waals surface area contributed by atoms with Gasteiger partial charge in [-0.15, -0.1) is 0 Å². The first kappa shape index (κ1) is 8.41. The Labute approximate surface area is 62.9 Å². The summed E-state index contributed by atoms with van der Waals surface area (Å²) < 4.78 is 13.6. The number of carbonyl (C=O) groups is 1. The summed E-state index contributed by atoms with van der Waals surface area (Å²) in [4.78, 5) is 19.4. The van der Waals surface area contributed by atoms with Crippen molar-refractivity contribution in [3.05, 3.63) is 0 Å². The van der Waals surface area contributed by atoms with Crippen LogP contribution in [0.5, 0.6) is 0 Å². The van der Waals surface area contributed by atoms with E-state index in [2.05, 4.69) is 19.2 Å². The van der Waals surface area contributed by atoms with Gasteiger partial charge in [-0.25, -0.2) is 4.79 Å². The molecule has 0 aromatic carbocycles. The number of esters is 1. The summed E-state index contributed by atoms with van der Waals surface area (Å²) in [6.45, 7) is -0.959. The quantitative estimate of drug-likeness (QED) is 0.401. The molecule has 6 heteroatoms. The van der Waals surface area contributed by atoms with E-state index in [1.54, 1.807) is 0 Å². The fourth-order valence-electron chi connectivity index (χ4n) is 0.528. The summed E-state index contributed by atoms with van der Waals surface area (Å²) >= 11 is 0. The smallest absolute Gasteiger partial charge is 0.366 e. The molecule has 1 fully saturated rings. The summed E-state index contributed by atoms with van der Waals surface area (Å²) in [6.07, 6.45) is -1.15. The fourth-order valence-corrected chi connectivity index (χ4v) is 0.528. The van der Waals surface area contributed by atoms with Crippen LogP contribution >= 0.6 is 0 Å². The lowest BCUT2D eigenvalue weighted by Crippen LogP contribution is -2.24. The molecular formula is C5H8O6. The average molecular weight is 164 g/mol. The molecule has 0 radical (unpaired) electrons. The van der Waals surface area contributed by atoms with E-state index in [0.29, 0.717) is 0 Å². The molecule has 0 bridgehead atoms. The second-order valence-electron chi connectivity index (χ2n) is 1.71. The predicted molar refractivity (Wildman–Crippen MR) is 29.9 cm³/mol. The van der Waals surface area contributed by atoms with Gasteiger partial charge in [0.1, 0.15) is 0 Å². The zero-order chi connectivity index (χ0) is 8.27. The van der Waals surface area contributed by atoms with Crippen molar-refractivity contribution in [2.24, 2.45) is 0 Å². The van der Waals surface area contributed by atoms with Gasteiger partial charge in [0.05, 0.1) is 7.11 Å². The third-order valence-corrected chi connectivity index (χ3v) is 1.04. The van der Waals surface area contributed by atoms with E-state index in [-0.39, 0.29) is 0 Å². The monoisotopic (exact) mass is 164 g/mol. The topological polar surface area (TPSA) is 63.2 Å². The van der Waals surface area contributed by atoms with Crippen molar-refractivity contribution in [2.75, 3.05) is 14.2 Å². The van der Waals surface area contributed by atoms with Gasteiger partial charge in [-0.2, -0.15) is 9.78 Å². The third kappa shape index (κ3) is 1.87. The first-order chi connectivity index (χ1) is 5.27. The molecule has 11 heavy (non-hydrogen) atoms. The van der Waals surface area contributed by atoms with Gasteiger partial charge in [-0.05, 0) is 0 Å². The van der Waals surface area contributed by atoms with Crippen LogP contribution in [0.1, 0.15) is 0 Å². The molecule has 0 unspecified atom stereocenters. The standard InChI is InChI=1S/C5H8O6/c1-7-3(6)4-9-5(8-2)11-10-4/h4-5H,1-2H3/t4-,5-/m0/s1. The van der Waals surface area contributed by atoms with Crippen molar-refractivity contribution < 1.29 is 28.8 Å². The molecule has 1 aliphatic heterocycles. The summed E-state index contributed by atoms with van der Waals surface area (Å²) in [5.74, 6) is -0.662. The zero-order valence-corrected chi connectivity index (χ0v) is 6.10. The van der Waals surface area contributed by atoms with Crippen molar-refractivity contribution in [1.82, 2.24) is 0 Å². The summed E-state index contributed by atoms with van der Waals surface area (Å²) in [6, 6.07) is 0. The summed E-state index contributed by atoms with van der Waals surface area (Å²) in [5.41, 5.74) is 0. The lowest BCUT2D eigenvalue weighted by molar-refractivity contribution is -0.343. The number of rotatable bonds is 2. The summed E-state index contributed by atoms with van der Waals surface area (Å²) in [7, 11) is 2.57. The first-order valence-electron chi connectivity index (χ1n) is 2.86. The van der Waals surface area contributed by atoms with Crippen molar-refractivity contribution in [3.63, 3.8) is 0 Å². The Kier molecular flexibility index (Phi) is 2.77. The van der Waals surface area contributed by atoms with Crippen molar-refractivity contribution >= 4 is 5.97 Å². The van der Waals surface area contributed by atoms with Crippen molar-refractivity contribution in [3.8, 4) is 0 Å². The Hall–Kier alpha value is -0.690. The van der Waals surface area contributed by atoms with E-state index in [1.165, 1.54) is 14.2 Å². The highest BCUT2D eigenvalue weighted by atomic mass is 17.3. The number of carbonyl (C=O) groups excluding carboxylic acids is 1. The van der Waals surface area contributed by atoms with Gasteiger partial charge < -0.3 is 9.47 Å². The molecule has 0 N–H and O–H groups in total. The van der Waals surface area contributed by atoms with Gasteiger partial charge in [0.15, 0.2) is 0 Å². The molecule has 64 valence electrons. The average Bonchev–Trinajstić information content (AvgIpc) is 2.50.